The molecular weight excluding hydrogens is 364 g/mol. The van der Waals surface area contributed by atoms with E-state index in [0.717, 1.165) is 5.56 Å². The molecular formula is C21H26O7. The molecule has 1 aliphatic rings. The molecule has 1 aliphatic heterocycles. The summed E-state index contributed by atoms with van der Waals surface area (Å²) in [7, 11) is 2.91. The molecule has 2 aromatic rings. The summed E-state index contributed by atoms with van der Waals surface area (Å²) in [6.45, 7) is 0. The van der Waals surface area contributed by atoms with E-state index in [1.165, 1.54) is 20.3 Å². The second-order valence-electron chi connectivity index (χ2n) is 7.01. The Morgan fingerprint density at radius 1 is 0.964 bits per heavy atom. The lowest BCUT2D eigenvalue weighted by Gasteiger charge is -2.34. The van der Waals surface area contributed by atoms with Crippen molar-refractivity contribution in [1.29, 1.82) is 0 Å². The van der Waals surface area contributed by atoms with Crippen LogP contribution in [0.1, 0.15) is 36.5 Å². The van der Waals surface area contributed by atoms with E-state index in [0.29, 0.717) is 37.0 Å². The highest BCUT2D eigenvalue weighted by Gasteiger charge is 2.30. The summed E-state index contributed by atoms with van der Waals surface area (Å²) in [5.74, 6) is 0.0703. The molecule has 0 radical (unpaired) electrons. The Morgan fingerprint density at radius 3 is 2.43 bits per heavy atom. The second-order valence-corrected chi connectivity index (χ2v) is 7.01. The van der Waals surface area contributed by atoms with Gasteiger partial charge >= 0.3 is 0 Å². The van der Waals surface area contributed by atoms with Crippen LogP contribution in [0.2, 0.25) is 0 Å². The second kappa shape index (κ2) is 8.58. The molecule has 0 aromatic heterocycles. The van der Waals surface area contributed by atoms with Gasteiger partial charge in [0.1, 0.15) is 0 Å². The monoisotopic (exact) mass is 390 g/mol. The van der Waals surface area contributed by atoms with Gasteiger partial charge in [-0.1, -0.05) is 6.07 Å². The predicted molar refractivity (Wildman–Crippen MR) is 102 cm³/mol. The number of phenolic OH excluding ortho intramolecular Hbond substituents is 3. The highest BCUT2D eigenvalue weighted by atomic mass is 16.5. The number of benzene rings is 2. The van der Waals surface area contributed by atoms with E-state index in [1.54, 1.807) is 18.2 Å². The number of rotatable bonds is 6. The lowest BCUT2D eigenvalue weighted by molar-refractivity contribution is -0.0999. The number of ether oxygens (including phenoxy) is 3. The molecule has 1 saturated heterocycles. The molecule has 0 bridgehead atoms. The summed E-state index contributed by atoms with van der Waals surface area (Å²) in [6, 6.07) is 8.26. The van der Waals surface area contributed by atoms with Crippen LogP contribution in [0.15, 0.2) is 30.3 Å². The van der Waals surface area contributed by atoms with Crippen LogP contribution in [0.3, 0.4) is 0 Å². The maximum atomic E-state index is 10.3. The average Bonchev–Trinajstić information content (AvgIpc) is 2.68. The molecule has 2 aromatic carbocycles. The minimum atomic E-state index is -0.528. The first-order chi connectivity index (χ1) is 13.4. The van der Waals surface area contributed by atoms with Crippen LogP contribution in [0.5, 0.6) is 28.7 Å². The van der Waals surface area contributed by atoms with Gasteiger partial charge in [-0.05, 0) is 54.7 Å². The van der Waals surface area contributed by atoms with Crippen molar-refractivity contribution in [3.63, 3.8) is 0 Å². The summed E-state index contributed by atoms with van der Waals surface area (Å²) >= 11 is 0. The summed E-state index contributed by atoms with van der Waals surface area (Å²) in [5, 5.41) is 39.7. The molecule has 0 saturated carbocycles. The molecule has 3 rings (SSSR count). The van der Waals surface area contributed by atoms with E-state index in [1.807, 2.05) is 6.07 Å². The Morgan fingerprint density at radius 2 is 1.71 bits per heavy atom. The van der Waals surface area contributed by atoms with Crippen molar-refractivity contribution in [3.05, 3.63) is 41.5 Å². The normalized spacial score (nSPS) is 22.0. The van der Waals surface area contributed by atoms with Gasteiger partial charge in [0, 0.05) is 6.42 Å². The zero-order valence-electron chi connectivity index (χ0n) is 16.0. The Balaban J connectivity index is 1.70. The van der Waals surface area contributed by atoms with Gasteiger partial charge in [-0.3, -0.25) is 0 Å². The van der Waals surface area contributed by atoms with Gasteiger partial charge in [0.05, 0.1) is 32.5 Å². The Labute approximate surface area is 163 Å². The minimum Gasteiger partial charge on any atom is -0.504 e. The fourth-order valence-corrected chi connectivity index (χ4v) is 3.55. The number of methoxy groups -OCH3 is 2. The van der Waals surface area contributed by atoms with Crippen LogP contribution in [-0.2, 0) is 11.2 Å². The van der Waals surface area contributed by atoms with Crippen LogP contribution in [0.25, 0.3) is 0 Å². The molecule has 7 heteroatoms. The van der Waals surface area contributed by atoms with Crippen LogP contribution in [0.4, 0.5) is 0 Å². The van der Waals surface area contributed by atoms with E-state index >= 15 is 0 Å². The molecule has 152 valence electrons. The van der Waals surface area contributed by atoms with Crippen LogP contribution >= 0.6 is 0 Å². The standard InChI is InChI=1S/C21H26O7/c1-26-19-7-12(4-6-16(19)23)3-5-15-10-14(22)11-18(28-15)13-8-17(24)21(25)20(9-13)27-2/h4,6-9,14-15,18,22-25H,3,5,10-11H2,1-2H3. The maximum absolute atomic E-state index is 10.3. The van der Waals surface area contributed by atoms with E-state index in [2.05, 4.69) is 0 Å². The maximum Gasteiger partial charge on any atom is 0.200 e. The first kappa shape index (κ1) is 20.1. The Bertz CT molecular complexity index is 821. The zero-order valence-corrected chi connectivity index (χ0v) is 16.0. The third-order valence-corrected chi connectivity index (χ3v) is 5.05. The summed E-state index contributed by atoms with van der Waals surface area (Å²) in [6.07, 6.45) is 1.19. The van der Waals surface area contributed by atoms with E-state index in [4.69, 9.17) is 14.2 Å². The minimum absolute atomic E-state index is 0.0942. The van der Waals surface area contributed by atoms with Gasteiger partial charge in [0.15, 0.2) is 23.0 Å². The van der Waals surface area contributed by atoms with E-state index in [9.17, 15) is 20.4 Å². The number of phenols is 3. The number of aromatic hydroxyl groups is 3. The van der Waals surface area contributed by atoms with Crippen molar-refractivity contribution >= 4 is 0 Å². The highest BCUT2D eigenvalue weighted by Crippen LogP contribution is 2.41. The van der Waals surface area contributed by atoms with Gasteiger partial charge in [0.2, 0.25) is 5.75 Å². The third kappa shape index (κ3) is 4.43. The molecule has 1 fully saturated rings. The van der Waals surface area contributed by atoms with Crippen LogP contribution < -0.4 is 9.47 Å². The van der Waals surface area contributed by atoms with Gasteiger partial charge in [-0.25, -0.2) is 0 Å². The topological polar surface area (TPSA) is 109 Å². The Kier molecular flexibility index (Phi) is 6.16. The lowest BCUT2D eigenvalue weighted by Crippen LogP contribution is -2.31. The number of hydrogen-bond acceptors (Lipinski definition) is 7. The van der Waals surface area contributed by atoms with Gasteiger partial charge in [-0.15, -0.1) is 0 Å². The van der Waals surface area contributed by atoms with Crippen molar-refractivity contribution in [2.75, 3.05) is 14.2 Å². The van der Waals surface area contributed by atoms with Crippen molar-refractivity contribution in [3.8, 4) is 28.7 Å². The predicted octanol–water partition coefficient (Wildman–Crippen LogP) is 3.03. The van der Waals surface area contributed by atoms with Gasteiger partial charge in [0.25, 0.3) is 0 Å². The largest absolute Gasteiger partial charge is 0.504 e. The molecule has 3 atom stereocenters. The highest BCUT2D eigenvalue weighted by molar-refractivity contribution is 5.52. The molecule has 0 aliphatic carbocycles. The fraction of sp³-hybridized carbons (Fsp3) is 0.429. The average molecular weight is 390 g/mol. The molecule has 3 unspecified atom stereocenters. The third-order valence-electron chi connectivity index (χ3n) is 5.05. The van der Waals surface area contributed by atoms with Crippen molar-refractivity contribution in [2.24, 2.45) is 0 Å². The van der Waals surface area contributed by atoms with Crippen LogP contribution in [-0.4, -0.2) is 46.9 Å². The van der Waals surface area contributed by atoms with Crippen LogP contribution in [0, 0.1) is 0 Å². The summed E-state index contributed by atoms with van der Waals surface area (Å²) < 4.78 is 16.4. The molecule has 0 spiro atoms. The first-order valence-corrected chi connectivity index (χ1v) is 9.20. The molecule has 7 nitrogen and oxygen atoms in total. The zero-order chi connectivity index (χ0) is 20.3. The van der Waals surface area contributed by atoms with Gasteiger partial charge < -0.3 is 34.6 Å². The molecule has 28 heavy (non-hydrogen) atoms. The molecule has 4 N–H and O–H groups in total. The quantitative estimate of drug-likeness (QED) is 0.562. The first-order valence-electron chi connectivity index (χ1n) is 9.20. The molecule has 1 heterocycles. The van der Waals surface area contributed by atoms with Crippen molar-refractivity contribution in [1.82, 2.24) is 0 Å². The number of aryl methyl sites for hydroxylation is 1. The smallest absolute Gasteiger partial charge is 0.200 e. The van der Waals surface area contributed by atoms with E-state index < -0.39 is 12.2 Å². The number of aliphatic hydroxyl groups is 1. The van der Waals surface area contributed by atoms with Crippen molar-refractivity contribution < 1.29 is 34.6 Å². The SMILES string of the molecule is COc1cc(CCC2CC(O)CC(c3cc(O)c(O)c(OC)c3)O2)ccc1O. The fourth-order valence-electron chi connectivity index (χ4n) is 3.55. The van der Waals surface area contributed by atoms with E-state index in [-0.39, 0.29) is 29.1 Å². The number of hydrogen-bond donors (Lipinski definition) is 4. The lowest BCUT2D eigenvalue weighted by atomic mass is 9.93. The van der Waals surface area contributed by atoms with Gasteiger partial charge in [-0.2, -0.15) is 0 Å². The summed E-state index contributed by atoms with van der Waals surface area (Å²) in [4.78, 5) is 0. The molecule has 0 amide bonds. The number of aliphatic hydroxyl groups excluding tert-OH is 1. The Hall–Kier alpha value is -2.64. The summed E-state index contributed by atoms with van der Waals surface area (Å²) in [5.41, 5.74) is 1.64. The van der Waals surface area contributed by atoms with Crippen molar-refractivity contribution in [2.45, 2.75) is 44.0 Å².